The number of aliphatic hydroxyl groups is 1. The minimum Gasteiger partial charge on any atom is -0.390 e. The minimum atomic E-state index is -3.78. The van der Waals surface area contributed by atoms with Crippen molar-refractivity contribution < 1.29 is 13.5 Å². The summed E-state index contributed by atoms with van der Waals surface area (Å²) in [5.41, 5.74) is 0.656. The average molecular weight is 340 g/mol. The summed E-state index contributed by atoms with van der Waals surface area (Å²) in [6.45, 7) is 3.08. The zero-order valence-corrected chi connectivity index (χ0v) is 14.0. The zero-order chi connectivity index (χ0) is 17.2. The average Bonchev–Trinajstić information content (AvgIpc) is 2.73. The van der Waals surface area contributed by atoms with Gasteiger partial charge in [0.2, 0.25) is 10.0 Å². The van der Waals surface area contributed by atoms with E-state index in [0.29, 0.717) is 11.4 Å². The zero-order valence-electron chi connectivity index (χ0n) is 13.2. The van der Waals surface area contributed by atoms with E-state index in [2.05, 4.69) is 9.82 Å². The van der Waals surface area contributed by atoms with E-state index in [4.69, 9.17) is 0 Å². The van der Waals surface area contributed by atoms with Gasteiger partial charge in [0, 0.05) is 25.9 Å². The Kier molecular flexibility index (Phi) is 5.03. The summed E-state index contributed by atoms with van der Waals surface area (Å²) in [4.78, 5) is 11.7. The Labute approximate surface area is 134 Å². The number of rotatable bonds is 6. The molecule has 2 N–H and O–H groups in total. The molecule has 0 spiro atoms. The Morgan fingerprint density at radius 1 is 1.35 bits per heavy atom. The lowest BCUT2D eigenvalue weighted by Gasteiger charge is -2.14. The molecule has 23 heavy (non-hydrogen) atoms. The molecule has 0 radical (unpaired) electrons. The van der Waals surface area contributed by atoms with Gasteiger partial charge in [0.25, 0.3) is 5.56 Å². The van der Waals surface area contributed by atoms with Crippen LogP contribution in [-0.2, 0) is 23.6 Å². The molecule has 0 aliphatic carbocycles. The van der Waals surface area contributed by atoms with Crippen molar-refractivity contribution >= 4 is 10.0 Å². The number of sulfonamides is 1. The topological polar surface area (TPSA) is 106 Å². The number of hydrogen-bond donors (Lipinski definition) is 2. The maximum Gasteiger partial charge on any atom is 0.250 e. The highest BCUT2D eigenvalue weighted by molar-refractivity contribution is 7.89. The molecule has 126 valence electrons. The van der Waals surface area contributed by atoms with Gasteiger partial charge in [0.05, 0.1) is 24.0 Å². The molecular weight excluding hydrogens is 320 g/mol. The number of aromatic nitrogens is 3. The molecule has 0 aromatic carbocycles. The Bertz CT molecular complexity index is 854. The first-order chi connectivity index (χ1) is 10.7. The molecule has 2 aromatic rings. The van der Waals surface area contributed by atoms with E-state index >= 15 is 0 Å². The van der Waals surface area contributed by atoms with Crippen molar-refractivity contribution in [3.8, 4) is 0 Å². The molecule has 2 rings (SSSR count). The summed E-state index contributed by atoms with van der Waals surface area (Å²) in [5, 5.41) is 14.0. The summed E-state index contributed by atoms with van der Waals surface area (Å²) < 4.78 is 29.9. The minimum absolute atomic E-state index is 0.00714. The first-order valence-corrected chi connectivity index (χ1v) is 8.54. The fourth-order valence-electron chi connectivity index (χ4n) is 2.32. The van der Waals surface area contributed by atoms with Gasteiger partial charge in [-0.2, -0.15) is 5.10 Å². The van der Waals surface area contributed by atoms with E-state index in [1.54, 1.807) is 33.0 Å². The molecular formula is C14H20N4O4S. The number of nitrogens with zero attached hydrogens (tertiary/aromatic N) is 3. The van der Waals surface area contributed by atoms with Crippen molar-refractivity contribution in [1.82, 2.24) is 19.1 Å². The predicted octanol–water partition coefficient (Wildman–Crippen LogP) is -0.462. The van der Waals surface area contributed by atoms with Crippen LogP contribution in [0.4, 0.5) is 0 Å². The summed E-state index contributed by atoms with van der Waals surface area (Å²) in [6.07, 6.45) is 0.511. The van der Waals surface area contributed by atoms with Crippen molar-refractivity contribution in [2.75, 3.05) is 6.54 Å². The lowest BCUT2D eigenvalue weighted by molar-refractivity contribution is 0.156. The summed E-state index contributed by atoms with van der Waals surface area (Å²) in [6, 6.07) is 4.64. The number of nitrogens with one attached hydrogen (secondary N) is 1. The van der Waals surface area contributed by atoms with E-state index in [1.807, 2.05) is 0 Å². The first-order valence-electron chi connectivity index (χ1n) is 7.06. The van der Waals surface area contributed by atoms with Crippen LogP contribution in [0.1, 0.15) is 11.4 Å². The van der Waals surface area contributed by atoms with Gasteiger partial charge in [-0.05, 0) is 19.9 Å². The van der Waals surface area contributed by atoms with Gasteiger partial charge in [-0.25, -0.2) is 13.1 Å². The second-order valence-corrected chi connectivity index (χ2v) is 7.02. The van der Waals surface area contributed by atoms with Crippen LogP contribution < -0.4 is 10.3 Å². The molecule has 0 fully saturated rings. The number of pyridine rings is 1. The molecule has 0 bridgehead atoms. The van der Waals surface area contributed by atoms with Crippen molar-refractivity contribution in [2.24, 2.45) is 7.05 Å². The maximum atomic E-state index is 12.4. The largest absolute Gasteiger partial charge is 0.390 e. The Hall–Kier alpha value is -1.97. The third kappa shape index (κ3) is 3.87. The number of aliphatic hydroxyl groups excluding tert-OH is 1. The van der Waals surface area contributed by atoms with E-state index in [-0.39, 0.29) is 23.5 Å². The standard InChI is InChI=1S/C14H20N4O4S/c1-10-14(11(2)17(3)16-10)23(21,22)15-8-12(19)9-18-7-5-4-6-13(18)20/h4-7,12,15,19H,8-9H2,1-3H3. The summed E-state index contributed by atoms with van der Waals surface area (Å²) in [7, 11) is -2.11. The van der Waals surface area contributed by atoms with Crippen molar-refractivity contribution in [1.29, 1.82) is 0 Å². The fourth-order valence-corrected chi connectivity index (χ4v) is 3.83. The second-order valence-electron chi connectivity index (χ2n) is 5.32. The molecule has 0 aliphatic heterocycles. The van der Waals surface area contributed by atoms with E-state index in [1.165, 1.54) is 21.5 Å². The maximum absolute atomic E-state index is 12.4. The molecule has 0 saturated carbocycles. The molecule has 0 saturated heterocycles. The first kappa shape index (κ1) is 17.4. The Balaban J connectivity index is 2.07. The lowest BCUT2D eigenvalue weighted by atomic mass is 10.3. The highest BCUT2D eigenvalue weighted by atomic mass is 32.2. The van der Waals surface area contributed by atoms with E-state index in [0.717, 1.165) is 0 Å². The van der Waals surface area contributed by atoms with Crippen molar-refractivity contribution in [3.63, 3.8) is 0 Å². The Morgan fingerprint density at radius 2 is 2.04 bits per heavy atom. The fraction of sp³-hybridized carbons (Fsp3) is 0.429. The third-order valence-electron chi connectivity index (χ3n) is 3.53. The smallest absolute Gasteiger partial charge is 0.250 e. The highest BCUT2D eigenvalue weighted by Crippen LogP contribution is 2.18. The molecule has 2 aromatic heterocycles. The highest BCUT2D eigenvalue weighted by Gasteiger charge is 2.24. The van der Waals surface area contributed by atoms with Gasteiger partial charge >= 0.3 is 0 Å². The van der Waals surface area contributed by atoms with Gasteiger partial charge < -0.3 is 9.67 Å². The molecule has 0 aliphatic rings. The van der Waals surface area contributed by atoms with E-state index < -0.39 is 16.1 Å². The lowest BCUT2D eigenvalue weighted by Crippen LogP contribution is -2.36. The molecule has 1 unspecified atom stereocenters. The molecule has 9 heteroatoms. The van der Waals surface area contributed by atoms with Crippen LogP contribution in [0.5, 0.6) is 0 Å². The van der Waals surface area contributed by atoms with Crippen LogP contribution in [0.2, 0.25) is 0 Å². The molecule has 0 amide bonds. The van der Waals surface area contributed by atoms with Gasteiger partial charge in [0.15, 0.2) is 0 Å². The van der Waals surface area contributed by atoms with Crippen molar-refractivity contribution in [3.05, 3.63) is 46.1 Å². The van der Waals surface area contributed by atoms with Crippen molar-refractivity contribution in [2.45, 2.75) is 31.4 Å². The third-order valence-corrected chi connectivity index (χ3v) is 5.20. The second kappa shape index (κ2) is 6.65. The summed E-state index contributed by atoms with van der Waals surface area (Å²) >= 11 is 0. The molecule has 2 heterocycles. The van der Waals surface area contributed by atoms with Gasteiger partial charge in [-0.1, -0.05) is 6.07 Å². The van der Waals surface area contributed by atoms with Gasteiger partial charge in [-0.3, -0.25) is 9.48 Å². The quantitative estimate of drug-likeness (QED) is 0.740. The number of hydrogen-bond acceptors (Lipinski definition) is 5. The number of aryl methyl sites for hydroxylation is 2. The van der Waals surface area contributed by atoms with Crippen LogP contribution in [0.15, 0.2) is 34.1 Å². The van der Waals surface area contributed by atoms with E-state index in [9.17, 15) is 18.3 Å². The van der Waals surface area contributed by atoms with Crippen LogP contribution in [-0.4, -0.2) is 40.5 Å². The van der Waals surface area contributed by atoms with Crippen LogP contribution in [0, 0.1) is 13.8 Å². The van der Waals surface area contributed by atoms with Gasteiger partial charge in [0.1, 0.15) is 4.90 Å². The SMILES string of the molecule is Cc1nn(C)c(C)c1S(=O)(=O)NCC(O)Cn1ccccc1=O. The summed E-state index contributed by atoms with van der Waals surface area (Å²) in [5.74, 6) is 0. The van der Waals surface area contributed by atoms with Crippen LogP contribution >= 0.6 is 0 Å². The predicted molar refractivity (Wildman–Crippen MR) is 84.6 cm³/mol. The van der Waals surface area contributed by atoms with Gasteiger partial charge in [-0.15, -0.1) is 0 Å². The van der Waals surface area contributed by atoms with Crippen LogP contribution in [0.25, 0.3) is 0 Å². The normalized spacial score (nSPS) is 13.2. The monoisotopic (exact) mass is 340 g/mol. The Morgan fingerprint density at radius 3 is 2.61 bits per heavy atom. The van der Waals surface area contributed by atoms with Crippen LogP contribution in [0.3, 0.4) is 0 Å². The molecule has 8 nitrogen and oxygen atoms in total. The molecule has 1 atom stereocenters.